The molecule has 1 aromatic carbocycles. The van der Waals surface area contributed by atoms with Crippen LogP contribution < -0.4 is 0 Å². The van der Waals surface area contributed by atoms with Crippen molar-refractivity contribution in [1.29, 1.82) is 5.26 Å². The quantitative estimate of drug-likeness (QED) is 0.847. The monoisotopic (exact) mass is 278 g/mol. The van der Waals surface area contributed by atoms with E-state index < -0.39 is 10.0 Å². The highest BCUT2D eigenvalue weighted by atomic mass is 32.2. The molecule has 1 unspecified atom stereocenters. The zero-order valence-electron chi connectivity index (χ0n) is 11.0. The third kappa shape index (κ3) is 3.34. The number of hydrogen-bond acceptors (Lipinski definition) is 3. The van der Waals surface area contributed by atoms with E-state index in [1.54, 1.807) is 28.6 Å². The van der Waals surface area contributed by atoms with Crippen molar-refractivity contribution in [3.63, 3.8) is 0 Å². The first-order valence-corrected chi connectivity index (χ1v) is 8.13. The van der Waals surface area contributed by atoms with Gasteiger partial charge in [-0.15, -0.1) is 0 Å². The normalized spacial score (nSPS) is 20.3. The van der Waals surface area contributed by atoms with Crippen molar-refractivity contribution in [2.75, 3.05) is 13.1 Å². The lowest BCUT2D eigenvalue weighted by Crippen LogP contribution is -2.30. The van der Waals surface area contributed by atoms with Gasteiger partial charge in [-0.1, -0.05) is 25.5 Å². The molecule has 2 rings (SSSR count). The molecule has 0 aromatic heterocycles. The molecule has 102 valence electrons. The van der Waals surface area contributed by atoms with Crippen molar-refractivity contribution in [3.8, 4) is 6.07 Å². The van der Waals surface area contributed by atoms with Gasteiger partial charge in [-0.2, -0.15) is 5.26 Å². The summed E-state index contributed by atoms with van der Waals surface area (Å²) in [4.78, 5) is 0. The molecule has 0 aliphatic carbocycles. The van der Waals surface area contributed by atoms with Gasteiger partial charge in [-0.3, -0.25) is 0 Å². The zero-order chi connectivity index (χ0) is 13.9. The minimum atomic E-state index is -3.23. The van der Waals surface area contributed by atoms with Crippen LogP contribution in [0.5, 0.6) is 0 Å². The van der Waals surface area contributed by atoms with Gasteiger partial charge in [0.05, 0.1) is 17.4 Å². The molecule has 1 atom stereocenters. The molecule has 0 spiro atoms. The third-order valence-corrected chi connectivity index (χ3v) is 5.47. The standard InChI is InChI=1S/C14H18N2O2S/c1-2-12-7-8-16(10-12)19(17,18)11-14-5-3-13(9-15)4-6-14/h3-6,12H,2,7-8,10-11H2,1H3. The second kappa shape index (κ2) is 5.72. The van der Waals surface area contributed by atoms with E-state index in [1.165, 1.54) is 0 Å². The van der Waals surface area contributed by atoms with E-state index in [9.17, 15) is 8.42 Å². The number of rotatable bonds is 4. The molecular formula is C14H18N2O2S. The van der Waals surface area contributed by atoms with Crippen LogP contribution >= 0.6 is 0 Å². The number of hydrogen-bond donors (Lipinski definition) is 0. The zero-order valence-corrected chi connectivity index (χ0v) is 11.9. The predicted octanol–water partition coefficient (Wildman–Crippen LogP) is 2.12. The maximum absolute atomic E-state index is 12.3. The van der Waals surface area contributed by atoms with E-state index >= 15 is 0 Å². The number of nitrogens with zero attached hydrogens (tertiary/aromatic N) is 2. The van der Waals surface area contributed by atoms with Crippen molar-refractivity contribution >= 4 is 10.0 Å². The summed E-state index contributed by atoms with van der Waals surface area (Å²) in [5.41, 5.74) is 1.28. The van der Waals surface area contributed by atoms with Crippen molar-refractivity contribution < 1.29 is 8.42 Å². The van der Waals surface area contributed by atoms with Crippen molar-refractivity contribution in [1.82, 2.24) is 4.31 Å². The molecule has 0 amide bonds. The van der Waals surface area contributed by atoms with Crippen LogP contribution in [0.25, 0.3) is 0 Å². The second-order valence-electron chi connectivity index (χ2n) is 4.99. The van der Waals surface area contributed by atoms with Gasteiger partial charge in [-0.05, 0) is 30.0 Å². The van der Waals surface area contributed by atoms with Gasteiger partial charge in [0.1, 0.15) is 0 Å². The molecule has 5 heteroatoms. The van der Waals surface area contributed by atoms with Gasteiger partial charge in [0.2, 0.25) is 10.0 Å². The number of nitriles is 1. The lowest BCUT2D eigenvalue weighted by atomic mass is 10.1. The van der Waals surface area contributed by atoms with Gasteiger partial charge >= 0.3 is 0 Å². The highest BCUT2D eigenvalue weighted by molar-refractivity contribution is 7.88. The Balaban J connectivity index is 2.07. The van der Waals surface area contributed by atoms with Crippen LogP contribution in [0.4, 0.5) is 0 Å². The number of benzene rings is 1. The molecular weight excluding hydrogens is 260 g/mol. The fourth-order valence-corrected chi connectivity index (χ4v) is 3.98. The molecule has 1 saturated heterocycles. The molecule has 0 N–H and O–H groups in total. The molecule has 1 aliphatic heterocycles. The fourth-order valence-electron chi connectivity index (χ4n) is 2.36. The topological polar surface area (TPSA) is 61.2 Å². The van der Waals surface area contributed by atoms with Crippen molar-refractivity contribution in [2.45, 2.75) is 25.5 Å². The summed E-state index contributed by atoms with van der Waals surface area (Å²) in [6, 6.07) is 8.76. The lowest BCUT2D eigenvalue weighted by Gasteiger charge is -2.16. The van der Waals surface area contributed by atoms with Crippen LogP contribution in [-0.2, 0) is 15.8 Å². The summed E-state index contributed by atoms with van der Waals surface area (Å²) in [5, 5.41) is 8.71. The highest BCUT2D eigenvalue weighted by Gasteiger charge is 2.30. The largest absolute Gasteiger partial charge is 0.218 e. The molecule has 4 nitrogen and oxygen atoms in total. The first-order valence-electron chi connectivity index (χ1n) is 6.52. The Bertz CT molecular complexity index is 572. The van der Waals surface area contributed by atoms with Gasteiger partial charge in [-0.25, -0.2) is 12.7 Å². The Labute approximate surface area is 114 Å². The predicted molar refractivity (Wildman–Crippen MR) is 73.8 cm³/mol. The minimum absolute atomic E-state index is 0.0230. The summed E-state index contributed by atoms with van der Waals surface area (Å²) in [6.45, 7) is 3.38. The summed E-state index contributed by atoms with van der Waals surface area (Å²) in [5.74, 6) is 0.519. The molecule has 1 aliphatic rings. The van der Waals surface area contributed by atoms with Gasteiger partial charge < -0.3 is 0 Å². The minimum Gasteiger partial charge on any atom is -0.212 e. The second-order valence-corrected chi connectivity index (χ2v) is 6.95. The Morgan fingerprint density at radius 3 is 2.58 bits per heavy atom. The average molecular weight is 278 g/mol. The molecule has 1 heterocycles. The molecule has 0 bridgehead atoms. The summed E-state index contributed by atoms with van der Waals surface area (Å²) < 4.78 is 26.2. The maximum Gasteiger partial charge on any atom is 0.218 e. The van der Waals surface area contributed by atoms with Crippen molar-refractivity contribution in [2.24, 2.45) is 5.92 Å². The number of sulfonamides is 1. The first kappa shape index (κ1) is 14.0. The van der Waals surface area contributed by atoms with E-state index in [0.717, 1.165) is 18.4 Å². The van der Waals surface area contributed by atoms with E-state index in [4.69, 9.17) is 5.26 Å². The van der Waals surface area contributed by atoms with Crippen molar-refractivity contribution in [3.05, 3.63) is 35.4 Å². The lowest BCUT2D eigenvalue weighted by molar-refractivity contribution is 0.452. The summed E-state index contributed by atoms with van der Waals surface area (Å²) in [6.07, 6.45) is 1.99. The van der Waals surface area contributed by atoms with Crippen LogP contribution in [0, 0.1) is 17.2 Å². The van der Waals surface area contributed by atoms with Crippen LogP contribution in [0.15, 0.2) is 24.3 Å². The third-order valence-electron chi connectivity index (χ3n) is 3.65. The smallest absolute Gasteiger partial charge is 0.212 e. The Morgan fingerprint density at radius 2 is 2.05 bits per heavy atom. The maximum atomic E-state index is 12.3. The van der Waals surface area contributed by atoms with Crippen LogP contribution in [0.2, 0.25) is 0 Å². The first-order chi connectivity index (χ1) is 9.05. The molecule has 1 fully saturated rings. The van der Waals surface area contributed by atoms with Crippen LogP contribution in [0.3, 0.4) is 0 Å². The van der Waals surface area contributed by atoms with E-state index in [-0.39, 0.29) is 5.75 Å². The fraction of sp³-hybridized carbons (Fsp3) is 0.500. The summed E-state index contributed by atoms with van der Waals surface area (Å²) >= 11 is 0. The Hall–Kier alpha value is -1.38. The van der Waals surface area contributed by atoms with Crippen LogP contribution in [0.1, 0.15) is 30.9 Å². The SMILES string of the molecule is CCC1CCN(S(=O)(=O)Cc2ccc(C#N)cc2)C1. The highest BCUT2D eigenvalue weighted by Crippen LogP contribution is 2.23. The van der Waals surface area contributed by atoms with E-state index in [0.29, 0.717) is 24.6 Å². The van der Waals surface area contributed by atoms with Crippen LogP contribution in [-0.4, -0.2) is 25.8 Å². The Morgan fingerprint density at radius 1 is 1.37 bits per heavy atom. The molecule has 19 heavy (non-hydrogen) atoms. The Kier molecular flexibility index (Phi) is 4.23. The van der Waals surface area contributed by atoms with E-state index in [1.807, 2.05) is 6.07 Å². The summed E-state index contributed by atoms with van der Waals surface area (Å²) in [7, 11) is -3.23. The van der Waals surface area contributed by atoms with Gasteiger partial charge in [0, 0.05) is 13.1 Å². The molecule has 1 aromatic rings. The van der Waals surface area contributed by atoms with E-state index in [2.05, 4.69) is 6.92 Å². The van der Waals surface area contributed by atoms with Gasteiger partial charge in [0.15, 0.2) is 0 Å². The average Bonchev–Trinajstić information content (AvgIpc) is 2.89. The van der Waals surface area contributed by atoms with Gasteiger partial charge in [0.25, 0.3) is 0 Å². The molecule has 0 radical (unpaired) electrons. The molecule has 0 saturated carbocycles.